The van der Waals surface area contributed by atoms with E-state index in [4.69, 9.17) is 4.42 Å². The molecule has 2 N–H and O–H groups in total. The first-order chi connectivity index (χ1) is 14.7. The van der Waals surface area contributed by atoms with Crippen LogP contribution in [0.4, 0.5) is 24.5 Å². The number of halogens is 3. The molecule has 0 bridgehead atoms. The van der Waals surface area contributed by atoms with Gasteiger partial charge >= 0.3 is 6.18 Å². The van der Waals surface area contributed by atoms with E-state index < -0.39 is 23.6 Å². The normalized spacial score (nSPS) is 11.2. The number of anilines is 2. The van der Waals surface area contributed by atoms with Crippen molar-refractivity contribution in [2.45, 2.75) is 32.4 Å². The van der Waals surface area contributed by atoms with Crippen LogP contribution >= 0.6 is 0 Å². The predicted molar refractivity (Wildman–Crippen MR) is 109 cm³/mol. The Balaban J connectivity index is 1.60. The van der Waals surface area contributed by atoms with Crippen molar-refractivity contribution >= 4 is 23.2 Å². The van der Waals surface area contributed by atoms with Gasteiger partial charge in [-0.1, -0.05) is 30.3 Å². The maximum atomic E-state index is 13.0. The summed E-state index contributed by atoms with van der Waals surface area (Å²) in [4.78, 5) is 27.8. The molecule has 31 heavy (non-hydrogen) atoms. The van der Waals surface area contributed by atoms with Gasteiger partial charge in [-0.2, -0.15) is 13.2 Å². The van der Waals surface area contributed by atoms with Crippen LogP contribution < -0.4 is 10.6 Å². The van der Waals surface area contributed by atoms with E-state index in [0.29, 0.717) is 24.5 Å². The summed E-state index contributed by atoms with van der Waals surface area (Å²) in [6.45, 7) is 1.23. The number of amides is 2. The highest BCUT2D eigenvalue weighted by molar-refractivity contribution is 5.99. The maximum absolute atomic E-state index is 13.0. The van der Waals surface area contributed by atoms with E-state index in [1.807, 2.05) is 30.3 Å². The van der Waals surface area contributed by atoms with Gasteiger partial charge in [0.2, 0.25) is 11.8 Å². The average molecular weight is 431 g/mol. The van der Waals surface area contributed by atoms with E-state index in [9.17, 15) is 22.8 Å². The maximum Gasteiger partial charge on any atom is 0.416 e. The first-order valence-electron chi connectivity index (χ1n) is 9.51. The minimum absolute atomic E-state index is 0.0405. The lowest BCUT2D eigenvalue weighted by Gasteiger charge is -2.14. The summed E-state index contributed by atoms with van der Waals surface area (Å²) in [5.74, 6) is 0.128. The van der Waals surface area contributed by atoms with Crippen molar-refractivity contribution in [2.75, 3.05) is 10.6 Å². The Morgan fingerprint density at radius 1 is 1.03 bits per heavy atom. The second kappa shape index (κ2) is 9.46. The predicted octanol–water partition coefficient (Wildman–Crippen LogP) is 5.28. The molecule has 3 aromatic rings. The third-order valence-corrected chi connectivity index (χ3v) is 4.34. The van der Waals surface area contributed by atoms with Gasteiger partial charge < -0.3 is 15.1 Å². The number of carbonyl (C=O) groups excluding carboxylic acids is 2. The zero-order chi connectivity index (χ0) is 22.4. The van der Waals surface area contributed by atoms with Crippen molar-refractivity contribution < 1.29 is 27.2 Å². The summed E-state index contributed by atoms with van der Waals surface area (Å²) in [6, 6.07) is 12.2. The van der Waals surface area contributed by atoms with Crippen LogP contribution in [0.3, 0.4) is 0 Å². The van der Waals surface area contributed by atoms with Crippen LogP contribution in [0.1, 0.15) is 31.2 Å². The van der Waals surface area contributed by atoms with E-state index in [-0.39, 0.29) is 17.8 Å². The van der Waals surface area contributed by atoms with Gasteiger partial charge in [0, 0.05) is 25.3 Å². The van der Waals surface area contributed by atoms with Gasteiger partial charge in [-0.05, 0) is 24.6 Å². The number of alkyl halides is 3. The van der Waals surface area contributed by atoms with Crippen LogP contribution in [0.5, 0.6) is 0 Å². The van der Waals surface area contributed by atoms with E-state index >= 15 is 0 Å². The van der Waals surface area contributed by atoms with E-state index in [1.165, 1.54) is 6.92 Å². The number of rotatable bonds is 7. The molecule has 1 heterocycles. The van der Waals surface area contributed by atoms with Crippen LogP contribution in [0, 0.1) is 0 Å². The Morgan fingerprint density at radius 2 is 1.77 bits per heavy atom. The molecule has 1 aromatic heterocycles. The Kier molecular flexibility index (Phi) is 6.74. The smallest absolute Gasteiger partial charge is 0.416 e. The topological polar surface area (TPSA) is 84.2 Å². The van der Waals surface area contributed by atoms with Crippen molar-refractivity contribution in [3.05, 3.63) is 66.2 Å². The lowest BCUT2D eigenvalue weighted by atomic mass is 10.1. The van der Waals surface area contributed by atoms with E-state index in [2.05, 4.69) is 15.6 Å². The molecule has 0 radical (unpaired) electrons. The molecule has 0 aliphatic rings. The lowest BCUT2D eigenvalue weighted by Crippen LogP contribution is -2.16. The molecular weight excluding hydrogens is 411 g/mol. The SMILES string of the molecule is CC(=O)Nc1ccc(C(F)(F)F)cc1NC(=O)CCCc1ncc(-c2ccccc2)o1. The van der Waals surface area contributed by atoms with Crippen LogP contribution in [0.2, 0.25) is 0 Å². The summed E-state index contributed by atoms with van der Waals surface area (Å²) in [5.41, 5.74) is -0.0641. The minimum Gasteiger partial charge on any atom is -0.441 e. The van der Waals surface area contributed by atoms with Gasteiger partial charge in [0.05, 0.1) is 23.1 Å². The molecule has 0 aliphatic heterocycles. The Bertz CT molecular complexity index is 1060. The van der Waals surface area contributed by atoms with Crippen LogP contribution in [0.25, 0.3) is 11.3 Å². The van der Waals surface area contributed by atoms with Crippen LogP contribution in [-0.2, 0) is 22.2 Å². The van der Waals surface area contributed by atoms with Gasteiger partial charge in [-0.15, -0.1) is 0 Å². The van der Waals surface area contributed by atoms with Crippen molar-refractivity contribution in [3.8, 4) is 11.3 Å². The van der Waals surface area contributed by atoms with Gasteiger partial charge in [-0.3, -0.25) is 9.59 Å². The molecule has 6 nitrogen and oxygen atoms in total. The van der Waals surface area contributed by atoms with Gasteiger partial charge in [0.15, 0.2) is 11.7 Å². The minimum atomic E-state index is -4.57. The molecule has 9 heteroatoms. The molecular formula is C22H20F3N3O3. The molecule has 0 spiro atoms. The van der Waals surface area contributed by atoms with Gasteiger partial charge in [0.1, 0.15) is 0 Å². The third kappa shape index (κ3) is 6.18. The summed E-state index contributed by atoms with van der Waals surface area (Å²) in [7, 11) is 0. The zero-order valence-corrected chi connectivity index (χ0v) is 16.6. The second-order valence-corrected chi connectivity index (χ2v) is 6.83. The van der Waals surface area contributed by atoms with Crippen molar-refractivity contribution in [1.82, 2.24) is 4.98 Å². The average Bonchev–Trinajstić information content (AvgIpc) is 3.18. The summed E-state index contributed by atoms with van der Waals surface area (Å²) in [6.07, 6.45) is -2.15. The van der Waals surface area contributed by atoms with Gasteiger partial charge in [0.25, 0.3) is 0 Å². The number of aryl methyl sites for hydroxylation is 1. The highest BCUT2D eigenvalue weighted by atomic mass is 19.4. The van der Waals surface area contributed by atoms with Gasteiger partial charge in [-0.25, -0.2) is 4.98 Å². The Morgan fingerprint density at radius 3 is 2.45 bits per heavy atom. The molecule has 0 aliphatic carbocycles. The Hall–Kier alpha value is -3.62. The van der Waals surface area contributed by atoms with Crippen LogP contribution in [-0.4, -0.2) is 16.8 Å². The number of nitrogens with one attached hydrogen (secondary N) is 2. The first kappa shape index (κ1) is 22.1. The molecule has 3 rings (SSSR count). The fraction of sp³-hybridized carbons (Fsp3) is 0.227. The molecule has 0 fully saturated rings. The molecule has 0 atom stereocenters. The highest BCUT2D eigenvalue weighted by Crippen LogP contribution is 2.34. The summed E-state index contributed by atoms with van der Waals surface area (Å²) < 4.78 is 44.7. The lowest BCUT2D eigenvalue weighted by molar-refractivity contribution is -0.137. The largest absolute Gasteiger partial charge is 0.441 e. The Labute approximate surface area is 176 Å². The fourth-order valence-electron chi connectivity index (χ4n) is 2.90. The molecule has 0 saturated heterocycles. The van der Waals surface area contributed by atoms with Crippen molar-refractivity contribution in [2.24, 2.45) is 0 Å². The molecule has 2 aromatic carbocycles. The molecule has 0 saturated carbocycles. The molecule has 162 valence electrons. The monoisotopic (exact) mass is 431 g/mol. The summed E-state index contributed by atoms with van der Waals surface area (Å²) >= 11 is 0. The molecule has 2 amide bonds. The highest BCUT2D eigenvalue weighted by Gasteiger charge is 2.31. The molecule has 0 unspecified atom stereocenters. The number of aromatic nitrogens is 1. The quantitative estimate of drug-likeness (QED) is 0.533. The number of oxazole rings is 1. The number of hydrogen-bond donors (Lipinski definition) is 2. The fourth-order valence-corrected chi connectivity index (χ4v) is 2.90. The van der Waals surface area contributed by atoms with Crippen molar-refractivity contribution in [3.63, 3.8) is 0 Å². The number of hydrogen-bond acceptors (Lipinski definition) is 4. The van der Waals surface area contributed by atoms with E-state index in [0.717, 1.165) is 23.8 Å². The van der Waals surface area contributed by atoms with E-state index in [1.54, 1.807) is 6.20 Å². The zero-order valence-electron chi connectivity index (χ0n) is 16.6. The van der Waals surface area contributed by atoms with Crippen molar-refractivity contribution in [1.29, 1.82) is 0 Å². The van der Waals surface area contributed by atoms with Crippen LogP contribution in [0.15, 0.2) is 59.1 Å². The second-order valence-electron chi connectivity index (χ2n) is 6.83. The first-order valence-corrected chi connectivity index (χ1v) is 9.51. The number of nitrogens with zero attached hydrogens (tertiary/aromatic N) is 1. The standard InChI is InChI=1S/C22H20F3N3O3/c1-14(29)27-17-11-10-16(22(23,24)25)12-18(17)28-20(30)8-5-9-21-26-13-19(31-21)15-6-3-2-4-7-15/h2-4,6-7,10-13H,5,8-9H2,1H3,(H,27,29)(H,28,30). The summed E-state index contributed by atoms with van der Waals surface area (Å²) in [5, 5.41) is 4.85. The number of carbonyl (C=O) groups is 2. The third-order valence-electron chi connectivity index (χ3n) is 4.34. The number of benzene rings is 2.